The summed E-state index contributed by atoms with van der Waals surface area (Å²) in [4.78, 5) is 43.4. The van der Waals surface area contributed by atoms with Crippen LogP contribution in [0.2, 0.25) is 0 Å². The van der Waals surface area contributed by atoms with Gasteiger partial charge in [-0.05, 0) is 35.6 Å². The molecule has 0 radical (unpaired) electrons. The van der Waals surface area contributed by atoms with Gasteiger partial charge in [-0.15, -0.1) is 0 Å². The Morgan fingerprint density at radius 2 is 2.00 bits per heavy atom. The van der Waals surface area contributed by atoms with E-state index in [1.54, 1.807) is 4.90 Å². The van der Waals surface area contributed by atoms with Crippen molar-refractivity contribution < 1.29 is 23.9 Å². The second-order valence-electron chi connectivity index (χ2n) is 8.67. The summed E-state index contributed by atoms with van der Waals surface area (Å²) in [6.45, 7) is 0.167. The molecule has 2 aliphatic carbocycles. The Kier molecular flexibility index (Phi) is 4.36. The molecule has 3 aliphatic heterocycles. The number of carbonyl (C=O) groups excluding carboxylic acids is 2. The van der Waals surface area contributed by atoms with Gasteiger partial charge < -0.3 is 10.0 Å². The maximum Gasteiger partial charge on any atom is 0.312 e. The second kappa shape index (κ2) is 6.74. The predicted molar refractivity (Wildman–Crippen MR) is 108 cm³/mol. The Balaban J connectivity index is 1.79. The lowest BCUT2D eigenvalue weighted by molar-refractivity contribution is -0.142. The zero-order valence-electron chi connectivity index (χ0n) is 16.2. The number of allylic oxidation sites excluding steroid dienone is 6. The first-order chi connectivity index (χ1) is 14.3. The van der Waals surface area contributed by atoms with E-state index in [2.05, 4.69) is 4.99 Å². The number of carbonyl (C=O) groups is 3. The van der Waals surface area contributed by atoms with Crippen LogP contribution < -0.4 is 0 Å². The number of carboxylic acid groups (broad SMARTS) is 1. The van der Waals surface area contributed by atoms with Gasteiger partial charge >= 0.3 is 5.97 Å². The molecule has 3 heterocycles. The number of aliphatic imine (C=N–C) groups is 1. The van der Waals surface area contributed by atoms with E-state index in [-0.39, 0.29) is 46.6 Å². The van der Waals surface area contributed by atoms with Crippen molar-refractivity contribution in [1.82, 2.24) is 4.90 Å². The van der Waals surface area contributed by atoms with Crippen LogP contribution in [0.15, 0.2) is 50.3 Å². The van der Waals surface area contributed by atoms with Crippen LogP contribution in [-0.4, -0.2) is 53.0 Å². The highest BCUT2D eigenvalue weighted by Crippen LogP contribution is 2.56. The van der Waals surface area contributed by atoms with Crippen LogP contribution in [0.5, 0.6) is 0 Å². The number of ketones is 1. The third-order valence-electron chi connectivity index (χ3n) is 7.08. The molecule has 1 spiro atoms. The highest BCUT2D eigenvalue weighted by molar-refractivity contribution is 6.40. The quantitative estimate of drug-likeness (QED) is 0.692. The number of hydrogen-bond donors (Lipinski definition) is 1. The molecule has 2 atom stereocenters. The van der Waals surface area contributed by atoms with E-state index in [4.69, 9.17) is 11.6 Å². The Labute approximate surface area is 177 Å². The van der Waals surface area contributed by atoms with Crippen LogP contribution in [0.3, 0.4) is 0 Å². The van der Waals surface area contributed by atoms with Gasteiger partial charge in [0, 0.05) is 36.2 Å². The monoisotopic (exact) mass is 430 g/mol. The van der Waals surface area contributed by atoms with Crippen LogP contribution in [0.4, 0.5) is 4.39 Å². The lowest BCUT2D eigenvalue weighted by atomic mass is 9.69. The van der Waals surface area contributed by atoms with E-state index in [1.807, 2.05) is 0 Å². The van der Waals surface area contributed by atoms with Crippen molar-refractivity contribution in [1.29, 1.82) is 0 Å². The minimum atomic E-state index is -1.12. The van der Waals surface area contributed by atoms with Crippen LogP contribution >= 0.6 is 11.6 Å². The highest BCUT2D eigenvalue weighted by Gasteiger charge is 2.57. The molecular weight excluding hydrogens is 411 g/mol. The third kappa shape index (κ3) is 2.68. The fourth-order valence-corrected chi connectivity index (χ4v) is 6.25. The highest BCUT2D eigenvalue weighted by atomic mass is 35.5. The first kappa shape index (κ1) is 19.4. The number of aliphatic carboxylic acids is 1. The average molecular weight is 431 g/mol. The largest absolute Gasteiger partial charge is 0.481 e. The number of halogens is 2. The van der Waals surface area contributed by atoms with Crippen LogP contribution in [0.1, 0.15) is 32.1 Å². The van der Waals surface area contributed by atoms with Gasteiger partial charge in [0.15, 0.2) is 5.78 Å². The van der Waals surface area contributed by atoms with E-state index in [0.717, 1.165) is 31.8 Å². The lowest BCUT2D eigenvalue weighted by Gasteiger charge is -2.44. The van der Waals surface area contributed by atoms with Crippen molar-refractivity contribution in [3.8, 4) is 0 Å². The molecule has 1 saturated heterocycles. The molecule has 8 heteroatoms. The zero-order valence-corrected chi connectivity index (χ0v) is 16.9. The van der Waals surface area contributed by atoms with Crippen molar-refractivity contribution >= 4 is 35.5 Å². The molecule has 2 unspecified atom stereocenters. The van der Waals surface area contributed by atoms with E-state index in [0.29, 0.717) is 17.6 Å². The molecule has 1 N–H and O–H groups in total. The topological polar surface area (TPSA) is 87.0 Å². The summed E-state index contributed by atoms with van der Waals surface area (Å²) in [5.74, 6) is -3.59. The van der Waals surface area contributed by atoms with Crippen molar-refractivity contribution in [2.75, 3.05) is 13.1 Å². The summed E-state index contributed by atoms with van der Waals surface area (Å²) in [6, 6.07) is -0.279. The Morgan fingerprint density at radius 3 is 2.70 bits per heavy atom. The molecule has 5 aliphatic rings. The number of amides is 1. The maximum absolute atomic E-state index is 14.8. The lowest BCUT2D eigenvalue weighted by Crippen LogP contribution is -2.50. The fourth-order valence-electron chi connectivity index (χ4n) is 5.99. The van der Waals surface area contributed by atoms with Crippen LogP contribution in [0.25, 0.3) is 0 Å². The first-order valence-corrected chi connectivity index (χ1v) is 10.5. The van der Waals surface area contributed by atoms with Crippen molar-refractivity contribution in [2.24, 2.45) is 16.3 Å². The minimum Gasteiger partial charge on any atom is -0.481 e. The van der Waals surface area contributed by atoms with E-state index < -0.39 is 23.5 Å². The van der Waals surface area contributed by atoms with Gasteiger partial charge in [0.25, 0.3) is 0 Å². The van der Waals surface area contributed by atoms with Gasteiger partial charge in [0.1, 0.15) is 5.83 Å². The molecule has 0 bridgehead atoms. The molecule has 156 valence electrons. The van der Waals surface area contributed by atoms with Gasteiger partial charge in [0.05, 0.1) is 23.5 Å². The Morgan fingerprint density at radius 1 is 1.27 bits per heavy atom. The molecule has 2 fully saturated rings. The SMILES string of the molecule is O=C1C=C(F)C2=C(Cl)C=NCC3=C(C2=C1)C(C(=O)O)CN1C(=O)CC2(CCCC2)C31. The van der Waals surface area contributed by atoms with Crippen LogP contribution in [0, 0.1) is 11.3 Å². The summed E-state index contributed by atoms with van der Waals surface area (Å²) in [5, 5.41) is 10.0. The summed E-state index contributed by atoms with van der Waals surface area (Å²) >= 11 is 6.29. The number of hydrogen-bond acceptors (Lipinski definition) is 4. The summed E-state index contributed by atoms with van der Waals surface area (Å²) in [5.41, 5.74) is 1.05. The molecule has 6 nitrogen and oxygen atoms in total. The van der Waals surface area contributed by atoms with E-state index in [1.165, 1.54) is 12.3 Å². The number of carboxylic acids is 1. The van der Waals surface area contributed by atoms with Crippen molar-refractivity contribution in [2.45, 2.75) is 38.1 Å². The van der Waals surface area contributed by atoms with E-state index >= 15 is 0 Å². The molecule has 5 rings (SSSR count). The summed E-state index contributed by atoms with van der Waals surface area (Å²) in [6.07, 6.45) is 7.65. The predicted octanol–water partition coefficient (Wildman–Crippen LogP) is 3.10. The number of rotatable bonds is 1. The van der Waals surface area contributed by atoms with Gasteiger partial charge in [-0.3, -0.25) is 19.4 Å². The van der Waals surface area contributed by atoms with Gasteiger partial charge in [-0.25, -0.2) is 4.39 Å². The smallest absolute Gasteiger partial charge is 0.312 e. The van der Waals surface area contributed by atoms with Crippen molar-refractivity contribution in [3.63, 3.8) is 0 Å². The van der Waals surface area contributed by atoms with Gasteiger partial charge in [-0.1, -0.05) is 24.4 Å². The van der Waals surface area contributed by atoms with E-state index in [9.17, 15) is 23.9 Å². The third-order valence-corrected chi connectivity index (χ3v) is 7.36. The summed E-state index contributed by atoms with van der Waals surface area (Å²) < 4.78 is 14.8. The van der Waals surface area contributed by atoms with Crippen LogP contribution in [-0.2, 0) is 14.4 Å². The molecule has 0 aromatic heterocycles. The Bertz CT molecular complexity index is 1050. The standard InChI is InChI=1S/C22H20ClFN2O4/c23-15-9-25-8-13-18(12-5-11(27)6-16(24)19(12)15)14(21(29)30)10-26-17(28)7-22(20(13)26)3-1-2-4-22/h5-6,9,14,20H,1-4,7-8,10H2,(H,29,30). The molecule has 0 aromatic carbocycles. The van der Waals surface area contributed by atoms with Gasteiger partial charge in [-0.2, -0.15) is 0 Å². The minimum absolute atomic E-state index is 0.00304. The molecular formula is C22H20ClFN2O4. The summed E-state index contributed by atoms with van der Waals surface area (Å²) in [7, 11) is 0. The fraction of sp³-hybridized carbons (Fsp3) is 0.455. The molecule has 30 heavy (non-hydrogen) atoms. The Hall–Kier alpha value is -2.54. The van der Waals surface area contributed by atoms with Gasteiger partial charge in [0.2, 0.25) is 5.91 Å². The number of fused-ring (bicyclic) bond motifs is 5. The number of nitrogens with zero attached hydrogens (tertiary/aromatic N) is 2. The molecule has 1 saturated carbocycles. The maximum atomic E-state index is 14.8. The normalized spacial score (nSPS) is 30.0. The second-order valence-corrected chi connectivity index (χ2v) is 9.08. The van der Waals surface area contributed by atoms with Crippen molar-refractivity contribution in [3.05, 3.63) is 45.3 Å². The average Bonchev–Trinajstić information content (AvgIpc) is 3.24. The molecule has 1 amide bonds. The zero-order chi connectivity index (χ0) is 21.2. The first-order valence-electron chi connectivity index (χ1n) is 10.1. The molecule has 0 aromatic rings.